The molecule has 0 spiro atoms. The minimum atomic E-state index is -0.856. The van der Waals surface area contributed by atoms with E-state index in [-0.39, 0.29) is 22.6 Å². The Morgan fingerprint density at radius 3 is 2.30 bits per heavy atom. The van der Waals surface area contributed by atoms with Gasteiger partial charge in [0.25, 0.3) is 5.91 Å². The first kappa shape index (κ1) is 21.9. The molecule has 30 heavy (non-hydrogen) atoms. The van der Waals surface area contributed by atoms with Crippen LogP contribution in [0, 0.1) is 23.7 Å². The van der Waals surface area contributed by atoms with Gasteiger partial charge in [-0.05, 0) is 36.5 Å². The highest BCUT2D eigenvalue weighted by Gasteiger charge is 2.66. The Bertz CT molecular complexity index is 913. The molecule has 4 rings (SSSR count). The van der Waals surface area contributed by atoms with Gasteiger partial charge in [0.15, 0.2) is 6.61 Å². The number of likely N-dealkylation sites (tertiary alicyclic amines) is 1. The van der Waals surface area contributed by atoms with Crippen LogP contribution in [0.3, 0.4) is 0 Å². The number of hydrogen-bond acceptors (Lipinski definition) is 5. The minimum absolute atomic E-state index is 0.164. The molecular formula is C19H16BrCl3N2O5. The molecule has 1 aliphatic heterocycles. The second-order valence-electron chi connectivity index (χ2n) is 7.60. The summed E-state index contributed by atoms with van der Waals surface area (Å²) in [6.45, 7) is -1.12. The minimum Gasteiger partial charge on any atom is -0.454 e. The third-order valence-corrected chi connectivity index (χ3v) is 8.06. The van der Waals surface area contributed by atoms with Gasteiger partial charge in [-0.2, -0.15) is 0 Å². The van der Waals surface area contributed by atoms with Crippen molar-refractivity contribution in [2.75, 3.05) is 18.5 Å². The number of nitrogens with zero attached hydrogens (tertiary/aromatic N) is 1. The average molecular weight is 539 g/mol. The summed E-state index contributed by atoms with van der Waals surface area (Å²) in [5.41, 5.74) is 0.361. The Morgan fingerprint density at radius 1 is 1.13 bits per heavy atom. The number of alkyl halides is 2. The van der Waals surface area contributed by atoms with E-state index in [4.69, 9.17) is 39.5 Å². The second-order valence-corrected chi connectivity index (χ2v) is 9.93. The highest BCUT2D eigenvalue weighted by atomic mass is 79.9. The molecule has 3 aliphatic rings. The number of amides is 3. The highest BCUT2D eigenvalue weighted by Crippen LogP contribution is 2.59. The zero-order valence-electron chi connectivity index (χ0n) is 15.3. The first-order valence-corrected chi connectivity index (χ1v) is 11.3. The fraction of sp³-hybridized carbons (Fsp3) is 0.474. The van der Waals surface area contributed by atoms with Gasteiger partial charge in [0.05, 0.1) is 33.3 Å². The summed E-state index contributed by atoms with van der Waals surface area (Å²) in [4.78, 5) is 50.5. The van der Waals surface area contributed by atoms with E-state index < -0.39 is 48.7 Å². The Kier molecular flexibility index (Phi) is 6.05. The maximum absolute atomic E-state index is 12.7. The van der Waals surface area contributed by atoms with E-state index in [1.54, 1.807) is 18.2 Å². The summed E-state index contributed by atoms with van der Waals surface area (Å²) in [5, 5.41) is 2.10. The molecule has 6 atom stereocenters. The number of imide groups is 1. The van der Waals surface area contributed by atoms with Gasteiger partial charge >= 0.3 is 5.97 Å². The van der Waals surface area contributed by atoms with Crippen molar-refractivity contribution < 1.29 is 23.9 Å². The van der Waals surface area contributed by atoms with Crippen LogP contribution in [0.1, 0.15) is 6.42 Å². The van der Waals surface area contributed by atoms with Crippen molar-refractivity contribution in [1.82, 2.24) is 4.90 Å². The highest BCUT2D eigenvalue weighted by molar-refractivity contribution is 9.10. The standard InChI is InChI=1S/C19H16BrCl3N2O5/c20-7-1-2-11(10(21)3-7)24-12(26)6-30-13(27)5-25-18(28)14-8-4-9(15(14)19(25)29)17(23)16(8)22/h1-3,8-9,14-17H,4-6H2,(H,24,26)/t8-,9-,14-,15+,16+,17+/m1/s1. The molecule has 0 radical (unpaired) electrons. The van der Waals surface area contributed by atoms with Crippen LogP contribution < -0.4 is 5.32 Å². The summed E-state index contributed by atoms with van der Waals surface area (Å²) in [5.74, 6) is -3.69. The number of fused-ring (bicyclic) bond motifs is 5. The van der Waals surface area contributed by atoms with Crippen molar-refractivity contribution in [3.63, 3.8) is 0 Å². The zero-order valence-corrected chi connectivity index (χ0v) is 19.2. The smallest absolute Gasteiger partial charge is 0.326 e. The molecule has 2 saturated carbocycles. The summed E-state index contributed by atoms with van der Waals surface area (Å²) in [6.07, 6.45) is 0.645. The van der Waals surface area contributed by atoms with Crippen LogP contribution in [0.15, 0.2) is 22.7 Å². The first-order chi connectivity index (χ1) is 14.2. The first-order valence-electron chi connectivity index (χ1n) is 9.23. The molecule has 2 aliphatic carbocycles. The molecule has 1 N–H and O–H groups in total. The molecule has 2 bridgehead atoms. The van der Waals surface area contributed by atoms with E-state index in [9.17, 15) is 19.2 Å². The van der Waals surface area contributed by atoms with Crippen molar-refractivity contribution in [3.05, 3.63) is 27.7 Å². The fourth-order valence-electron chi connectivity index (χ4n) is 4.66. The Balaban J connectivity index is 1.32. The summed E-state index contributed by atoms with van der Waals surface area (Å²) in [7, 11) is 0. The SMILES string of the molecule is O=C(COC(=O)CN1C(=O)[C@@H]2[C@H]3C[C@@H]([C@H](Cl)[C@H]3Cl)[C@@H]2C1=O)Nc1ccc(Br)cc1Cl. The lowest BCUT2D eigenvalue weighted by molar-refractivity contribution is -0.154. The average Bonchev–Trinajstić information content (AvgIpc) is 3.29. The van der Waals surface area contributed by atoms with Crippen LogP contribution in [0.5, 0.6) is 0 Å². The molecular weight excluding hydrogens is 522 g/mol. The molecule has 0 unspecified atom stereocenters. The largest absolute Gasteiger partial charge is 0.454 e. The van der Waals surface area contributed by atoms with Crippen LogP contribution in [0.25, 0.3) is 0 Å². The lowest BCUT2D eigenvalue weighted by Crippen LogP contribution is -2.38. The van der Waals surface area contributed by atoms with Gasteiger partial charge in [0, 0.05) is 4.47 Å². The van der Waals surface area contributed by atoms with Crippen LogP contribution in [-0.4, -0.2) is 52.5 Å². The summed E-state index contributed by atoms with van der Waals surface area (Å²) < 4.78 is 5.68. The number of anilines is 1. The van der Waals surface area contributed by atoms with Crippen molar-refractivity contribution in [2.45, 2.75) is 17.2 Å². The van der Waals surface area contributed by atoms with Gasteiger partial charge in [0.1, 0.15) is 6.54 Å². The summed E-state index contributed by atoms with van der Waals surface area (Å²) in [6, 6.07) is 4.89. The van der Waals surface area contributed by atoms with Crippen LogP contribution >= 0.6 is 50.7 Å². The van der Waals surface area contributed by atoms with E-state index in [2.05, 4.69) is 21.2 Å². The molecule has 3 amide bonds. The van der Waals surface area contributed by atoms with Crippen molar-refractivity contribution in [3.8, 4) is 0 Å². The third kappa shape index (κ3) is 3.72. The van der Waals surface area contributed by atoms with E-state index in [1.807, 2.05) is 0 Å². The molecule has 1 aromatic carbocycles. The number of rotatable bonds is 5. The number of carbonyl (C=O) groups is 4. The molecule has 11 heteroatoms. The number of esters is 1. The topological polar surface area (TPSA) is 92.8 Å². The lowest BCUT2D eigenvalue weighted by Gasteiger charge is -2.28. The van der Waals surface area contributed by atoms with Gasteiger partial charge in [0.2, 0.25) is 11.8 Å². The van der Waals surface area contributed by atoms with Crippen LogP contribution in [0.4, 0.5) is 5.69 Å². The van der Waals surface area contributed by atoms with Crippen molar-refractivity contribution in [2.24, 2.45) is 23.7 Å². The van der Waals surface area contributed by atoms with E-state index in [0.717, 1.165) is 9.37 Å². The predicted molar refractivity (Wildman–Crippen MR) is 113 cm³/mol. The van der Waals surface area contributed by atoms with Crippen molar-refractivity contribution in [1.29, 1.82) is 0 Å². The van der Waals surface area contributed by atoms with Gasteiger partial charge in [-0.15, -0.1) is 23.2 Å². The number of ether oxygens (including phenoxy) is 1. The van der Waals surface area contributed by atoms with Gasteiger partial charge in [-0.25, -0.2) is 0 Å². The normalized spacial score (nSPS) is 31.8. The predicted octanol–water partition coefficient (Wildman–Crippen LogP) is 3.05. The van der Waals surface area contributed by atoms with E-state index in [0.29, 0.717) is 17.1 Å². The molecule has 160 valence electrons. The monoisotopic (exact) mass is 536 g/mol. The molecule has 1 aromatic rings. The van der Waals surface area contributed by atoms with Crippen LogP contribution in [-0.2, 0) is 23.9 Å². The fourth-order valence-corrected chi connectivity index (χ4v) is 6.28. The molecule has 1 saturated heterocycles. The maximum Gasteiger partial charge on any atom is 0.326 e. The Labute approximate surface area is 195 Å². The van der Waals surface area contributed by atoms with Gasteiger partial charge in [-0.1, -0.05) is 27.5 Å². The molecule has 7 nitrogen and oxygen atoms in total. The number of hydrogen-bond donors (Lipinski definition) is 1. The molecule has 1 heterocycles. The van der Waals surface area contributed by atoms with Crippen LogP contribution in [0.2, 0.25) is 5.02 Å². The third-order valence-electron chi connectivity index (χ3n) is 5.94. The van der Waals surface area contributed by atoms with Gasteiger partial charge in [-0.3, -0.25) is 24.1 Å². The quantitative estimate of drug-likeness (QED) is 0.354. The van der Waals surface area contributed by atoms with E-state index in [1.165, 1.54) is 0 Å². The van der Waals surface area contributed by atoms with Crippen molar-refractivity contribution >= 4 is 80.1 Å². The second kappa shape index (κ2) is 8.30. The number of halogens is 4. The zero-order chi connectivity index (χ0) is 21.7. The van der Waals surface area contributed by atoms with E-state index >= 15 is 0 Å². The maximum atomic E-state index is 12.7. The lowest BCUT2D eigenvalue weighted by atomic mass is 9.80. The molecule has 0 aromatic heterocycles. The van der Waals surface area contributed by atoms with Gasteiger partial charge < -0.3 is 10.1 Å². The number of benzene rings is 1. The molecule has 3 fully saturated rings. The Hall–Kier alpha value is -1.35. The number of nitrogens with one attached hydrogen (secondary N) is 1. The Morgan fingerprint density at radius 2 is 1.73 bits per heavy atom. The number of carbonyl (C=O) groups excluding carboxylic acids is 4. The summed E-state index contributed by atoms with van der Waals surface area (Å²) >= 11 is 21.9.